The van der Waals surface area contributed by atoms with Crippen LogP contribution in [0, 0.1) is 12.8 Å². The zero-order chi connectivity index (χ0) is 22.3. The molecule has 3 aromatic rings. The molecular formula is C25H28N4O2S. The van der Waals surface area contributed by atoms with E-state index in [-0.39, 0.29) is 11.8 Å². The Morgan fingerprint density at radius 3 is 2.75 bits per heavy atom. The average molecular weight is 449 g/mol. The molecule has 1 aliphatic rings. The molecule has 1 amide bonds. The number of carbonyl (C=O) groups is 1. The minimum atomic E-state index is -0.0576. The quantitative estimate of drug-likeness (QED) is 0.575. The molecule has 1 N–H and O–H groups in total. The lowest BCUT2D eigenvalue weighted by atomic mass is 9.97. The lowest BCUT2D eigenvalue weighted by molar-refractivity contribution is -0.125. The highest BCUT2D eigenvalue weighted by Gasteiger charge is 2.26. The van der Waals surface area contributed by atoms with Gasteiger partial charge in [-0.05, 0) is 61.7 Å². The third kappa shape index (κ3) is 5.79. The van der Waals surface area contributed by atoms with Gasteiger partial charge < -0.3 is 15.0 Å². The predicted octanol–water partition coefficient (Wildman–Crippen LogP) is 4.48. The molecule has 0 spiro atoms. The van der Waals surface area contributed by atoms with Gasteiger partial charge in [-0.2, -0.15) is 0 Å². The molecule has 0 radical (unpaired) electrons. The fourth-order valence-corrected chi connectivity index (χ4v) is 4.51. The topological polar surface area (TPSA) is 67.3 Å². The lowest BCUT2D eigenvalue weighted by Gasteiger charge is -2.32. The number of hydrogen-bond acceptors (Lipinski definition) is 6. The van der Waals surface area contributed by atoms with Crippen LogP contribution >= 0.6 is 11.8 Å². The van der Waals surface area contributed by atoms with Crippen LogP contribution in [0.3, 0.4) is 0 Å². The Hall–Kier alpha value is -3.06. The standard InChI is InChI=1S/C25H28N4O2S/c1-18-8-10-22(11-9-18)32-24-13-12-23(27-28-24)29-14-4-6-20(17-29)25(30)26-16-19-5-3-7-21(15-19)31-2/h3,5,7-13,15,20H,4,6,14,16-17H2,1-2H3,(H,26,30)/t20-/m1/s1. The molecule has 1 atom stereocenters. The first kappa shape index (κ1) is 22.1. The van der Waals surface area contributed by atoms with Crippen molar-refractivity contribution in [2.24, 2.45) is 5.92 Å². The van der Waals surface area contributed by atoms with Crippen molar-refractivity contribution in [3.8, 4) is 5.75 Å². The Bertz CT molecular complexity index is 1040. The minimum Gasteiger partial charge on any atom is -0.497 e. The highest BCUT2D eigenvalue weighted by molar-refractivity contribution is 7.99. The first-order valence-corrected chi connectivity index (χ1v) is 11.7. The number of aryl methyl sites for hydroxylation is 1. The van der Waals surface area contributed by atoms with Gasteiger partial charge in [0.05, 0.1) is 13.0 Å². The number of anilines is 1. The van der Waals surface area contributed by atoms with Gasteiger partial charge in [0.15, 0.2) is 5.82 Å². The van der Waals surface area contributed by atoms with E-state index in [2.05, 4.69) is 51.6 Å². The zero-order valence-corrected chi connectivity index (χ0v) is 19.3. The summed E-state index contributed by atoms with van der Waals surface area (Å²) in [6.45, 7) is 4.12. The molecule has 1 saturated heterocycles. The molecule has 1 aromatic heterocycles. The molecule has 4 rings (SSSR count). The van der Waals surface area contributed by atoms with Gasteiger partial charge >= 0.3 is 0 Å². The van der Waals surface area contributed by atoms with Crippen molar-refractivity contribution in [2.45, 2.75) is 36.2 Å². The van der Waals surface area contributed by atoms with Crippen LogP contribution in [0.1, 0.15) is 24.0 Å². The van der Waals surface area contributed by atoms with Crippen LogP contribution in [-0.4, -0.2) is 36.3 Å². The van der Waals surface area contributed by atoms with E-state index in [0.717, 1.165) is 46.4 Å². The van der Waals surface area contributed by atoms with Crippen LogP contribution in [0.2, 0.25) is 0 Å². The van der Waals surface area contributed by atoms with Gasteiger partial charge in [0.25, 0.3) is 0 Å². The molecule has 0 saturated carbocycles. The van der Waals surface area contributed by atoms with Crippen LogP contribution in [0.15, 0.2) is 70.6 Å². The fraction of sp³-hybridized carbons (Fsp3) is 0.320. The second kappa shape index (κ2) is 10.5. The molecule has 166 valence electrons. The summed E-state index contributed by atoms with van der Waals surface area (Å²) in [7, 11) is 1.64. The maximum Gasteiger partial charge on any atom is 0.225 e. The zero-order valence-electron chi connectivity index (χ0n) is 18.5. The van der Waals surface area contributed by atoms with Crippen molar-refractivity contribution in [2.75, 3.05) is 25.1 Å². The van der Waals surface area contributed by atoms with Crippen molar-refractivity contribution in [1.82, 2.24) is 15.5 Å². The number of ether oxygens (including phenoxy) is 1. The molecule has 0 unspecified atom stereocenters. The highest BCUT2D eigenvalue weighted by atomic mass is 32.2. The Labute approximate surface area is 193 Å². The number of nitrogens with one attached hydrogen (secondary N) is 1. The second-order valence-corrected chi connectivity index (χ2v) is 9.09. The first-order chi connectivity index (χ1) is 15.6. The molecule has 2 aromatic carbocycles. The number of hydrogen-bond donors (Lipinski definition) is 1. The molecule has 1 aliphatic heterocycles. The van der Waals surface area contributed by atoms with Crippen molar-refractivity contribution in [1.29, 1.82) is 0 Å². The van der Waals surface area contributed by atoms with E-state index < -0.39 is 0 Å². The van der Waals surface area contributed by atoms with E-state index >= 15 is 0 Å². The van der Waals surface area contributed by atoms with E-state index in [4.69, 9.17) is 4.74 Å². The lowest BCUT2D eigenvalue weighted by Crippen LogP contribution is -2.43. The summed E-state index contributed by atoms with van der Waals surface area (Å²) in [5.41, 5.74) is 2.26. The van der Waals surface area contributed by atoms with Gasteiger partial charge in [-0.3, -0.25) is 4.79 Å². The molecule has 2 heterocycles. The van der Waals surface area contributed by atoms with Gasteiger partial charge in [-0.25, -0.2) is 0 Å². The molecule has 7 heteroatoms. The van der Waals surface area contributed by atoms with Gasteiger partial charge in [-0.15, -0.1) is 10.2 Å². The molecule has 6 nitrogen and oxygen atoms in total. The number of amides is 1. The average Bonchev–Trinajstić information content (AvgIpc) is 2.84. The largest absolute Gasteiger partial charge is 0.497 e. The summed E-state index contributed by atoms with van der Waals surface area (Å²) in [4.78, 5) is 16.1. The molecule has 0 aliphatic carbocycles. The normalized spacial score (nSPS) is 15.9. The second-order valence-electron chi connectivity index (χ2n) is 8.00. The van der Waals surface area contributed by atoms with Crippen LogP contribution in [0.4, 0.5) is 5.82 Å². The van der Waals surface area contributed by atoms with Gasteiger partial charge in [0, 0.05) is 24.5 Å². The third-order valence-electron chi connectivity index (χ3n) is 5.59. The summed E-state index contributed by atoms with van der Waals surface area (Å²) in [5, 5.41) is 12.8. The van der Waals surface area contributed by atoms with Gasteiger partial charge in [-0.1, -0.05) is 41.6 Å². The minimum absolute atomic E-state index is 0.0576. The Morgan fingerprint density at radius 1 is 1.16 bits per heavy atom. The van der Waals surface area contributed by atoms with Crippen LogP contribution < -0.4 is 15.0 Å². The Kier molecular flexibility index (Phi) is 7.27. The van der Waals surface area contributed by atoms with Crippen LogP contribution in [0.5, 0.6) is 5.75 Å². The smallest absolute Gasteiger partial charge is 0.225 e. The fourth-order valence-electron chi connectivity index (χ4n) is 3.78. The molecular weight excluding hydrogens is 420 g/mol. The van der Waals surface area contributed by atoms with Crippen molar-refractivity contribution in [3.05, 3.63) is 71.8 Å². The number of piperidine rings is 1. The number of methoxy groups -OCH3 is 1. The SMILES string of the molecule is COc1cccc(CNC(=O)[C@@H]2CCCN(c3ccc(Sc4ccc(C)cc4)nn3)C2)c1. The van der Waals surface area contributed by atoms with E-state index in [1.165, 1.54) is 5.56 Å². The number of benzene rings is 2. The maximum absolute atomic E-state index is 12.8. The Balaban J connectivity index is 1.32. The molecule has 32 heavy (non-hydrogen) atoms. The summed E-state index contributed by atoms with van der Waals surface area (Å²) in [5.74, 6) is 1.64. The van der Waals surface area contributed by atoms with Crippen LogP contribution in [-0.2, 0) is 11.3 Å². The summed E-state index contributed by atoms with van der Waals surface area (Å²) >= 11 is 1.60. The van der Waals surface area contributed by atoms with Crippen molar-refractivity contribution < 1.29 is 9.53 Å². The van der Waals surface area contributed by atoms with E-state index in [9.17, 15) is 4.79 Å². The van der Waals surface area contributed by atoms with Gasteiger partial charge in [0.2, 0.25) is 5.91 Å². The summed E-state index contributed by atoms with van der Waals surface area (Å²) in [6.07, 6.45) is 1.84. The van der Waals surface area contributed by atoms with Crippen molar-refractivity contribution in [3.63, 3.8) is 0 Å². The van der Waals surface area contributed by atoms with Crippen molar-refractivity contribution >= 4 is 23.5 Å². The maximum atomic E-state index is 12.8. The number of carbonyl (C=O) groups excluding carboxylic acids is 1. The molecule has 0 bridgehead atoms. The van der Waals surface area contributed by atoms with Gasteiger partial charge in [0.1, 0.15) is 10.8 Å². The molecule has 1 fully saturated rings. The van der Waals surface area contributed by atoms with E-state index in [1.807, 2.05) is 36.4 Å². The number of aromatic nitrogens is 2. The number of rotatable bonds is 7. The number of nitrogens with zero attached hydrogens (tertiary/aromatic N) is 3. The first-order valence-electron chi connectivity index (χ1n) is 10.8. The van der Waals surface area contributed by atoms with E-state index in [0.29, 0.717) is 13.1 Å². The monoisotopic (exact) mass is 448 g/mol. The summed E-state index contributed by atoms with van der Waals surface area (Å²) < 4.78 is 5.25. The highest BCUT2D eigenvalue weighted by Crippen LogP contribution is 2.27. The van der Waals surface area contributed by atoms with E-state index in [1.54, 1.807) is 18.9 Å². The predicted molar refractivity (Wildman–Crippen MR) is 127 cm³/mol. The summed E-state index contributed by atoms with van der Waals surface area (Å²) in [6, 6.07) is 20.1. The van der Waals surface area contributed by atoms with Crippen LogP contribution in [0.25, 0.3) is 0 Å². The Morgan fingerprint density at radius 2 is 2.00 bits per heavy atom. The third-order valence-corrected chi connectivity index (χ3v) is 6.52.